The van der Waals surface area contributed by atoms with E-state index >= 15 is 0 Å². The van der Waals surface area contributed by atoms with Gasteiger partial charge in [-0.05, 0) is 30.9 Å². The molecule has 1 N–H and O–H groups in total. The van der Waals surface area contributed by atoms with E-state index in [0.29, 0.717) is 12.1 Å². The van der Waals surface area contributed by atoms with Crippen LogP contribution in [0.2, 0.25) is 5.02 Å². The van der Waals surface area contributed by atoms with E-state index in [9.17, 15) is 0 Å². The van der Waals surface area contributed by atoms with Crippen LogP contribution >= 0.6 is 11.6 Å². The lowest BCUT2D eigenvalue weighted by Gasteiger charge is -2.13. The molecule has 16 heavy (non-hydrogen) atoms. The van der Waals surface area contributed by atoms with E-state index < -0.39 is 0 Å². The lowest BCUT2D eigenvalue weighted by atomic mass is 10.2. The molecule has 1 fully saturated rings. The molecule has 2 rings (SSSR count). The molecule has 1 aromatic heterocycles. The molecule has 2 atom stereocenters. The molecule has 1 aromatic rings. The Hall–Kier alpha value is -0.640. The summed E-state index contributed by atoms with van der Waals surface area (Å²) in [5, 5.41) is 4.24. The highest BCUT2D eigenvalue weighted by Gasteiger charge is 2.23. The molecule has 0 amide bonds. The topological polar surface area (TPSA) is 34.1 Å². The molecule has 0 bridgehead atoms. The molecule has 1 aliphatic carbocycles. The molecule has 4 heteroatoms. The summed E-state index contributed by atoms with van der Waals surface area (Å²) in [5.74, 6) is 0. The standard InChI is InChI=1S/C12H17ClN2O/c1-16-11-3-2-10(6-11)15-7-9-4-5-14-8-12(9)13/h4-5,8,10-11,15H,2-3,6-7H2,1H3. The van der Waals surface area contributed by atoms with Crippen molar-refractivity contribution in [1.29, 1.82) is 0 Å². The molecule has 0 aliphatic heterocycles. The Balaban J connectivity index is 1.82. The van der Waals surface area contributed by atoms with Crippen LogP contribution in [0, 0.1) is 0 Å². The maximum atomic E-state index is 6.04. The van der Waals surface area contributed by atoms with E-state index in [1.54, 1.807) is 19.5 Å². The van der Waals surface area contributed by atoms with Gasteiger partial charge >= 0.3 is 0 Å². The van der Waals surface area contributed by atoms with Crippen molar-refractivity contribution in [2.75, 3.05) is 7.11 Å². The lowest BCUT2D eigenvalue weighted by Crippen LogP contribution is -2.26. The van der Waals surface area contributed by atoms with Crippen molar-refractivity contribution in [1.82, 2.24) is 10.3 Å². The third-order valence-electron chi connectivity index (χ3n) is 3.16. The summed E-state index contributed by atoms with van der Waals surface area (Å²) in [6.45, 7) is 0.808. The molecule has 0 radical (unpaired) electrons. The van der Waals surface area contributed by atoms with Crippen LogP contribution in [0.1, 0.15) is 24.8 Å². The Bertz CT molecular complexity index is 346. The van der Waals surface area contributed by atoms with Crippen molar-refractivity contribution in [2.24, 2.45) is 0 Å². The normalized spacial score (nSPS) is 24.9. The zero-order chi connectivity index (χ0) is 11.4. The number of hydrogen-bond donors (Lipinski definition) is 1. The molecule has 0 spiro atoms. The second-order valence-electron chi connectivity index (χ2n) is 4.22. The average Bonchev–Trinajstić information content (AvgIpc) is 2.76. The number of methoxy groups -OCH3 is 1. The highest BCUT2D eigenvalue weighted by Crippen LogP contribution is 2.22. The molecule has 2 unspecified atom stereocenters. The van der Waals surface area contributed by atoms with Gasteiger partial charge in [-0.15, -0.1) is 0 Å². The first-order valence-electron chi connectivity index (χ1n) is 5.64. The maximum absolute atomic E-state index is 6.04. The SMILES string of the molecule is COC1CCC(NCc2ccncc2Cl)C1. The largest absolute Gasteiger partial charge is 0.381 e. The molecule has 1 aliphatic rings. The van der Waals surface area contributed by atoms with Gasteiger partial charge in [-0.25, -0.2) is 0 Å². The monoisotopic (exact) mass is 240 g/mol. The number of rotatable bonds is 4. The van der Waals surface area contributed by atoms with Gasteiger partial charge in [0.05, 0.1) is 11.1 Å². The first-order valence-corrected chi connectivity index (χ1v) is 6.02. The summed E-state index contributed by atoms with van der Waals surface area (Å²) < 4.78 is 5.34. The third-order valence-corrected chi connectivity index (χ3v) is 3.50. The number of ether oxygens (including phenoxy) is 1. The molecule has 1 heterocycles. The van der Waals surface area contributed by atoms with Crippen LogP contribution in [-0.2, 0) is 11.3 Å². The lowest BCUT2D eigenvalue weighted by molar-refractivity contribution is 0.107. The smallest absolute Gasteiger partial charge is 0.0634 e. The van der Waals surface area contributed by atoms with E-state index in [4.69, 9.17) is 16.3 Å². The van der Waals surface area contributed by atoms with E-state index in [-0.39, 0.29) is 0 Å². The van der Waals surface area contributed by atoms with Crippen molar-refractivity contribution in [3.05, 3.63) is 29.0 Å². The second-order valence-corrected chi connectivity index (χ2v) is 4.62. The number of aromatic nitrogens is 1. The predicted molar refractivity (Wildman–Crippen MR) is 64.5 cm³/mol. The Morgan fingerprint density at radius 2 is 2.44 bits per heavy atom. The second kappa shape index (κ2) is 5.62. The molecule has 3 nitrogen and oxygen atoms in total. The number of nitrogens with zero attached hydrogens (tertiary/aromatic N) is 1. The minimum Gasteiger partial charge on any atom is -0.381 e. The van der Waals surface area contributed by atoms with Crippen molar-refractivity contribution >= 4 is 11.6 Å². The van der Waals surface area contributed by atoms with Gasteiger partial charge in [0, 0.05) is 32.1 Å². The summed E-state index contributed by atoms with van der Waals surface area (Å²) in [5.41, 5.74) is 1.11. The van der Waals surface area contributed by atoms with Crippen LogP contribution in [0.4, 0.5) is 0 Å². The molecule has 88 valence electrons. The highest BCUT2D eigenvalue weighted by atomic mass is 35.5. The summed E-state index contributed by atoms with van der Waals surface area (Å²) in [7, 11) is 1.78. The van der Waals surface area contributed by atoms with Gasteiger partial charge in [-0.1, -0.05) is 11.6 Å². The van der Waals surface area contributed by atoms with Gasteiger partial charge in [-0.2, -0.15) is 0 Å². The van der Waals surface area contributed by atoms with E-state index in [2.05, 4.69) is 10.3 Å². The van der Waals surface area contributed by atoms with Crippen LogP contribution in [0.3, 0.4) is 0 Å². The summed E-state index contributed by atoms with van der Waals surface area (Å²) in [6, 6.07) is 2.51. The Kier molecular flexibility index (Phi) is 4.16. The van der Waals surface area contributed by atoms with Crippen LogP contribution in [0.15, 0.2) is 18.5 Å². The molecule has 1 saturated carbocycles. The van der Waals surface area contributed by atoms with Gasteiger partial charge in [-0.3, -0.25) is 4.98 Å². The minimum atomic E-state index is 0.422. The Labute approximate surface area is 101 Å². The Morgan fingerprint density at radius 3 is 3.12 bits per heavy atom. The van der Waals surface area contributed by atoms with Crippen LogP contribution in [-0.4, -0.2) is 24.2 Å². The number of hydrogen-bond acceptors (Lipinski definition) is 3. The molecular weight excluding hydrogens is 224 g/mol. The number of pyridine rings is 1. The first-order chi connectivity index (χ1) is 7.79. The van der Waals surface area contributed by atoms with Gasteiger partial charge in [0.25, 0.3) is 0 Å². The summed E-state index contributed by atoms with van der Waals surface area (Å²) in [4.78, 5) is 3.97. The van der Waals surface area contributed by atoms with Crippen molar-refractivity contribution in [2.45, 2.75) is 38.0 Å². The van der Waals surface area contributed by atoms with Crippen molar-refractivity contribution in [3.8, 4) is 0 Å². The maximum Gasteiger partial charge on any atom is 0.0634 e. The van der Waals surface area contributed by atoms with Crippen molar-refractivity contribution < 1.29 is 4.74 Å². The minimum absolute atomic E-state index is 0.422. The van der Waals surface area contributed by atoms with Crippen LogP contribution < -0.4 is 5.32 Å². The Morgan fingerprint density at radius 1 is 1.56 bits per heavy atom. The highest BCUT2D eigenvalue weighted by molar-refractivity contribution is 6.31. The van der Waals surface area contributed by atoms with Crippen LogP contribution in [0.25, 0.3) is 0 Å². The predicted octanol–water partition coefficient (Wildman–Crippen LogP) is 2.39. The summed E-state index contributed by atoms with van der Waals surface area (Å²) in [6.07, 6.45) is 7.31. The fraction of sp³-hybridized carbons (Fsp3) is 0.583. The van der Waals surface area contributed by atoms with E-state index in [0.717, 1.165) is 30.0 Å². The van der Waals surface area contributed by atoms with Gasteiger partial charge in [0.2, 0.25) is 0 Å². The van der Waals surface area contributed by atoms with Gasteiger partial charge in [0.1, 0.15) is 0 Å². The summed E-state index contributed by atoms with van der Waals surface area (Å²) >= 11 is 6.04. The zero-order valence-electron chi connectivity index (χ0n) is 9.45. The van der Waals surface area contributed by atoms with E-state index in [1.807, 2.05) is 6.07 Å². The third kappa shape index (κ3) is 2.94. The fourth-order valence-electron chi connectivity index (χ4n) is 2.14. The van der Waals surface area contributed by atoms with Gasteiger partial charge < -0.3 is 10.1 Å². The van der Waals surface area contributed by atoms with Crippen molar-refractivity contribution in [3.63, 3.8) is 0 Å². The fourth-order valence-corrected chi connectivity index (χ4v) is 2.33. The quantitative estimate of drug-likeness (QED) is 0.878. The van der Waals surface area contributed by atoms with Gasteiger partial charge in [0.15, 0.2) is 0 Å². The molecule has 0 aromatic carbocycles. The first kappa shape index (κ1) is 11.8. The zero-order valence-corrected chi connectivity index (χ0v) is 10.2. The van der Waals surface area contributed by atoms with E-state index in [1.165, 1.54) is 6.42 Å². The number of nitrogens with one attached hydrogen (secondary N) is 1. The molecule has 0 saturated heterocycles. The number of halogens is 1. The molecular formula is C12H17ClN2O. The van der Waals surface area contributed by atoms with Crippen LogP contribution in [0.5, 0.6) is 0 Å². The average molecular weight is 241 g/mol.